The Morgan fingerprint density at radius 3 is 0.877 bits per heavy atom. The number of nitrogens with zero attached hydrogens (tertiary/aromatic N) is 6. The third-order valence-corrected chi connectivity index (χ3v) is 12.6. The van der Waals surface area contributed by atoms with Gasteiger partial charge in [-0.25, -0.2) is 15.0 Å². The van der Waals surface area contributed by atoms with Crippen molar-refractivity contribution in [1.82, 2.24) is 28.7 Å². The van der Waals surface area contributed by atoms with E-state index >= 15 is 0 Å². The van der Waals surface area contributed by atoms with E-state index in [-0.39, 0.29) is 0 Å². The number of unbranched alkanes of at least 4 members (excludes halogenated alkanes) is 3. The molecule has 0 aliphatic rings. The molecule has 57 heavy (non-hydrogen) atoms. The van der Waals surface area contributed by atoms with E-state index in [0.29, 0.717) is 17.8 Å². The molecule has 4 aromatic carbocycles. The molecule has 3 heterocycles. The normalized spacial score (nSPS) is 13.6. The largest absolute Gasteiger partial charge is 0.294 e. The molecule has 0 aliphatic heterocycles. The first-order valence-electron chi connectivity index (χ1n) is 22.6. The van der Waals surface area contributed by atoms with Crippen LogP contribution in [0.25, 0.3) is 50.2 Å². The number of rotatable bonds is 21. The molecule has 0 bridgehead atoms. The second kappa shape index (κ2) is 19.2. The van der Waals surface area contributed by atoms with Gasteiger partial charge in [0.25, 0.3) is 0 Å². The van der Waals surface area contributed by atoms with Gasteiger partial charge in [0.15, 0.2) is 0 Å². The average molecular weight is 763 g/mol. The highest BCUT2D eigenvalue weighted by atomic mass is 15.2. The molecule has 6 nitrogen and oxygen atoms in total. The predicted octanol–water partition coefficient (Wildman–Crippen LogP) is 14.0. The van der Waals surface area contributed by atoms with Gasteiger partial charge < -0.3 is 0 Å². The average Bonchev–Trinajstić information content (AvgIpc) is 3.94. The van der Waals surface area contributed by atoms with E-state index < -0.39 is 0 Å². The van der Waals surface area contributed by atoms with Crippen molar-refractivity contribution in [3.63, 3.8) is 0 Å². The van der Waals surface area contributed by atoms with Gasteiger partial charge in [-0.2, -0.15) is 0 Å². The molecule has 0 fully saturated rings. The summed E-state index contributed by atoms with van der Waals surface area (Å²) in [5.41, 5.74) is 9.75. The van der Waals surface area contributed by atoms with Crippen molar-refractivity contribution in [3.05, 3.63) is 108 Å². The topological polar surface area (TPSA) is 53.5 Å². The van der Waals surface area contributed by atoms with Crippen LogP contribution in [0.2, 0.25) is 0 Å². The van der Waals surface area contributed by atoms with Crippen molar-refractivity contribution in [2.45, 2.75) is 138 Å². The number of hydrogen-bond acceptors (Lipinski definition) is 3. The molecule has 0 N–H and O–H groups in total. The van der Waals surface area contributed by atoms with E-state index in [0.717, 1.165) is 106 Å². The fraction of sp³-hybridized carbons (Fsp3) is 0.471. The van der Waals surface area contributed by atoms with Gasteiger partial charge in [0.2, 0.25) is 0 Å². The lowest BCUT2D eigenvalue weighted by Gasteiger charge is -2.16. The molecule has 0 aliphatic carbocycles. The molecule has 0 radical (unpaired) electrons. The van der Waals surface area contributed by atoms with Crippen LogP contribution >= 0.6 is 0 Å². The molecule has 7 aromatic rings. The summed E-state index contributed by atoms with van der Waals surface area (Å²) < 4.78 is 7.43. The van der Waals surface area contributed by atoms with Crippen molar-refractivity contribution in [3.8, 4) is 17.1 Å². The van der Waals surface area contributed by atoms with E-state index in [1.54, 1.807) is 0 Å². The summed E-state index contributed by atoms with van der Waals surface area (Å²) >= 11 is 0. The van der Waals surface area contributed by atoms with Crippen LogP contribution in [-0.2, 0) is 19.3 Å². The highest BCUT2D eigenvalue weighted by Crippen LogP contribution is 2.41. The van der Waals surface area contributed by atoms with Crippen LogP contribution in [0.1, 0.15) is 136 Å². The Labute approximate surface area is 341 Å². The summed E-state index contributed by atoms with van der Waals surface area (Å²) in [5.74, 6) is 5.01. The Bertz CT molecular complexity index is 2020. The minimum Gasteiger partial charge on any atom is -0.294 e. The van der Waals surface area contributed by atoms with Crippen LogP contribution in [0.3, 0.4) is 0 Å². The molecule has 0 spiro atoms. The van der Waals surface area contributed by atoms with Crippen molar-refractivity contribution < 1.29 is 0 Å². The second-order valence-corrected chi connectivity index (χ2v) is 16.6. The van der Waals surface area contributed by atoms with E-state index in [1.165, 1.54) is 57.8 Å². The van der Waals surface area contributed by atoms with Gasteiger partial charge in [0.1, 0.15) is 50.6 Å². The lowest BCUT2D eigenvalue weighted by molar-refractivity contribution is 0.438. The van der Waals surface area contributed by atoms with Gasteiger partial charge >= 0.3 is 0 Å². The SMILES string of the molecule is CCCCC(CC)Cc1nc2c(c3nc(CC(CC)CCCC)n(-c4ccccc4)c3c3nc(CC(CC)CCCC)n(-c4ccccc4)c23)n1-c1ccccc1. The van der Waals surface area contributed by atoms with Crippen LogP contribution < -0.4 is 0 Å². The Morgan fingerprint density at radius 1 is 0.386 bits per heavy atom. The van der Waals surface area contributed by atoms with Crippen molar-refractivity contribution >= 4 is 33.1 Å². The number of aromatic nitrogens is 6. The maximum atomic E-state index is 5.79. The Morgan fingerprint density at radius 2 is 0.649 bits per heavy atom. The van der Waals surface area contributed by atoms with Crippen LogP contribution in [0, 0.1) is 17.8 Å². The summed E-state index contributed by atoms with van der Waals surface area (Å²) in [6, 6.07) is 32.8. The molecule has 3 aromatic heterocycles. The van der Waals surface area contributed by atoms with Gasteiger partial charge in [-0.3, -0.25) is 13.7 Å². The minimum absolute atomic E-state index is 0.551. The first-order chi connectivity index (χ1) is 28.0. The maximum absolute atomic E-state index is 5.79. The van der Waals surface area contributed by atoms with E-state index in [9.17, 15) is 0 Å². The Balaban J connectivity index is 1.66. The van der Waals surface area contributed by atoms with E-state index in [2.05, 4.69) is 146 Å². The van der Waals surface area contributed by atoms with Crippen LogP contribution in [-0.4, -0.2) is 28.7 Å². The zero-order valence-electron chi connectivity index (χ0n) is 35.7. The maximum Gasteiger partial charge on any atom is 0.118 e. The first-order valence-corrected chi connectivity index (χ1v) is 22.6. The van der Waals surface area contributed by atoms with Gasteiger partial charge in [-0.15, -0.1) is 0 Å². The highest BCUT2D eigenvalue weighted by Gasteiger charge is 2.30. The smallest absolute Gasteiger partial charge is 0.118 e. The zero-order valence-corrected chi connectivity index (χ0v) is 35.7. The second-order valence-electron chi connectivity index (χ2n) is 16.6. The molecular weight excluding hydrogens is 697 g/mol. The number of fused-ring (bicyclic) bond motifs is 6. The molecular formula is C51H66N6. The monoisotopic (exact) mass is 763 g/mol. The highest BCUT2D eigenvalue weighted by molar-refractivity contribution is 6.20. The predicted molar refractivity (Wildman–Crippen MR) is 241 cm³/mol. The summed E-state index contributed by atoms with van der Waals surface area (Å²) in [7, 11) is 0. The van der Waals surface area contributed by atoms with Crippen molar-refractivity contribution in [1.29, 1.82) is 0 Å². The van der Waals surface area contributed by atoms with Gasteiger partial charge in [0.05, 0.1) is 0 Å². The van der Waals surface area contributed by atoms with Gasteiger partial charge in [0, 0.05) is 36.3 Å². The first kappa shape index (κ1) is 40.5. The fourth-order valence-corrected chi connectivity index (χ4v) is 9.13. The standard InChI is InChI=1S/C51H66N6/c1-7-13-25-37(10-4)34-43-52-46-49(55(43)40-28-19-16-20-29-40)47-51(57(42-32-23-18-24-33-42)44(53-47)35-38(11-5)26-14-8-2)48-50(46)56(41-30-21-17-22-31-41)45(54-48)36-39(12-6)27-15-9-3/h16-24,28-33,37-39H,7-15,25-27,34-36H2,1-6H3. The van der Waals surface area contributed by atoms with E-state index in [1.807, 2.05) is 0 Å². The Kier molecular flexibility index (Phi) is 13.6. The molecule has 300 valence electrons. The lowest BCUT2D eigenvalue weighted by atomic mass is 9.95. The molecule has 0 saturated heterocycles. The molecule has 3 atom stereocenters. The third-order valence-electron chi connectivity index (χ3n) is 12.6. The van der Waals surface area contributed by atoms with Crippen LogP contribution in [0.5, 0.6) is 0 Å². The van der Waals surface area contributed by atoms with Crippen LogP contribution in [0.4, 0.5) is 0 Å². The zero-order chi connectivity index (χ0) is 39.7. The third kappa shape index (κ3) is 8.47. The summed E-state index contributed by atoms with van der Waals surface area (Å²) in [5, 5.41) is 0. The number of benzene rings is 4. The fourth-order valence-electron chi connectivity index (χ4n) is 9.13. The summed E-state index contributed by atoms with van der Waals surface area (Å²) in [4.78, 5) is 17.4. The molecule has 6 heteroatoms. The van der Waals surface area contributed by atoms with Gasteiger partial charge in [-0.05, 0) is 54.2 Å². The lowest BCUT2D eigenvalue weighted by Crippen LogP contribution is -2.09. The van der Waals surface area contributed by atoms with E-state index in [4.69, 9.17) is 15.0 Å². The molecule has 7 rings (SSSR count). The molecule has 0 saturated carbocycles. The van der Waals surface area contributed by atoms with Crippen LogP contribution in [0.15, 0.2) is 91.0 Å². The number of imidazole rings is 3. The number of para-hydroxylation sites is 3. The number of hydrogen-bond donors (Lipinski definition) is 0. The summed E-state index contributed by atoms with van der Waals surface area (Å²) in [6.07, 6.45) is 17.1. The minimum atomic E-state index is 0.551. The summed E-state index contributed by atoms with van der Waals surface area (Å²) in [6.45, 7) is 14.0. The quantitative estimate of drug-likeness (QED) is 0.0732. The van der Waals surface area contributed by atoms with Crippen molar-refractivity contribution in [2.75, 3.05) is 0 Å². The molecule has 0 amide bonds. The van der Waals surface area contributed by atoms with Gasteiger partial charge in [-0.1, -0.05) is 173 Å². The van der Waals surface area contributed by atoms with Crippen molar-refractivity contribution in [2.24, 2.45) is 17.8 Å². The Hall–Kier alpha value is -4.71. The molecule has 3 unspecified atom stereocenters.